The van der Waals surface area contributed by atoms with E-state index in [-0.39, 0.29) is 18.7 Å². The highest BCUT2D eigenvalue weighted by atomic mass is 16.3. The Bertz CT molecular complexity index is 897. The molecule has 3 aromatic heterocycles. The van der Waals surface area contributed by atoms with E-state index in [1.165, 1.54) is 5.69 Å². The van der Waals surface area contributed by atoms with Crippen LogP contribution in [0, 0.1) is 0 Å². The maximum atomic E-state index is 9.50. The molecule has 0 fully saturated rings. The molecule has 0 radical (unpaired) electrons. The fourth-order valence-electron chi connectivity index (χ4n) is 3.06. The van der Waals surface area contributed by atoms with Crippen LogP contribution in [0.1, 0.15) is 45.3 Å². The van der Waals surface area contributed by atoms with Crippen LogP contribution in [0.5, 0.6) is 0 Å². The lowest BCUT2D eigenvalue weighted by molar-refractivity contribution is 0.271. The predicted molar refractivity (Wildman–Crippen MR) is 111 cm³/mol. The number of aliphatic hydroxyl groups excluding tert-OH is 1. The molecule has 3 N–H and O–H groups in total. The molecule has 3 aromatic rings. The minimum absolute atomic E-state index is 0.0365. The number of rotatable bonds is 10. The zero-order valence-electron chi connectivity index (χ0n) is 17.1. The normalized spacial score (nSPS) is 12.6. The van der Waals surface area contributed by atoms with Gasteiger partial charge in [0.25, 0.3) is 0 Å². The van der Waals surface area contributed by atoms with Crippen LogP contribution in [0.25, 0.3) is 11.2 Å². The summed E-state index contributed by atoms with van der Waals surface area (Å²) in [6, 6.07) is 2.20. The molecular weight excluding hydrogens is 356 g/mol. The fraction of sp³-hybridized carbons (Fsp3) is 0.579. The highest BCUT2D eigenvalue weighted by molar-refractivity contribution is 5.84. The van der Waals surface area contributed by atoms with E-state index < -0.39 is 0 Å². The third kappa shape index (κ3) is 4.41. The maximum Gasteiger partial charge on any atom is 0.227 e. The molecule has 0 saturated heterocycles. The van der Waals surface area contributed by atoms with Gasteiger partial charge in [0.05, 0.1) is 19.0 Å². The topological polar surface area (TPSA) is 106 Å². The summed E-state index contributed by atoms with van der Waals surface area (Å²) in [5.74, 6) is 1.22. The third-order valence-corrected chi connectivity index (χ3v) is 4.85. The average molecular weight is 387 g/mol. The summed E-state index contributed by atoms with van der Waals surface area (Å²) in [4.78, 5) is 13.8. The van der Waals surface area contributed by atoms with Crippen LogP contribution in [-0.2, 0) is 13.5 Å². The van der Waals surface area contributed by atoms with Crippen molar-refractivity contribution in [3.05, 3.63) is 24.3 Å². The molecule has 3 heterocycles. The molecule has 0 saturated carbocycles. The van der Waals surface area contributed by atoms with E-state index in [1.54, 1.807) is 6.33 Å². The van der Waals surface area contributed by atoms with E-state index in [9.17, 15) is 5.11 Å². The van der Waals surface area contributed by atoms with Gasteiger partial charge in [-0.05, 0) is 39.2 Å². The lowest BCUT2D eigenvalue weighted by Crippen LogP contribution is -2.24. The molecule has 9 heteroatoms. The summed E-state index contributed by atoms with van der Waals surface area (Å²) < 4.78 is 3.93. The van der Waals surface area contributed by atoms with Gasteiger partial charge < -0.3 is 20.3 Å². The summed E-state index contributed by atoms with van der Waals surface area (Å²) in [7, 11) is 1.96. The predicted octanol–water partition coefficient (Wildman–Crippen LogP) is 2.37. The summed E-state index contributed by atoms with van der Waals surface area (Å²) in [5, 5.41) is 20.3. The third-order valence-electron chi connectivity index (χ3n) is 4.85. The highest BCUT2D eigenvalue weighted by Crippen LogP contribution is 2.23. The van der Waals surface area contributed by atoms with Crippen molar-refractivity contribution in [2.24, 2.45) is 7.05 Å². The van der Waals surface area contributed by atoms with E-state index in [1.807, 2.05) is 35.5 Å². The van der Waals surface area contributed by atoms with Gasteiger partial charge in [0.1, 0.15) is 0 Å². The minimum atomic E-state index is -0.0782. The van der Waals surface area contributed by atoms with Crippen molar-refractivity contribution in [2.45, 2.75) is 52.1 Å². The second kappa shape index (κ2) is 9.01. The first-order chi connectivity index (χ1) is 13.5. The van der Waals surface area contributed by atoms with E-state index in [4.69, 9.17) is 0 Å². The van der Waals surface area contributed by atoms with Gasteiger partial charge in [0, 0.05) is 31.5 Å². The van der Waals surface area contributed by atoms with Crippen molar-refractivity contribution in [2.75, 3.05) is 23.8 Å². The van der Waals surface area contributed by atoms with Crippen molar-refractivity contribution in [1.29, 1.82) is 0 Å². The zero-order chi connectivity index (χ0) is 20.1. The Kier molecular flexibility index (Phi) is 6.45. The Morgan fingerprint density at radius 1 is 1.25 bits per heavy atom. The maximum absolute atomic E-state index is 9.50. The molecule has 0 aliphatic heterocycles. The Morgan fingerprint density at radius 2 is 2.07 bits per heavy atom. The SMILES string of the molecule is CC[C@H](CO)Nc1nc(NCCCc2ccnn2C)c2ncn(C(C)C)c2n1. The molecular formula is C19H30N8O. The van der Waals surface area contributed by atoms with Gasteiger partial charge in [-0.1, -0.05) is 6.92 Å². The number of nitrogens with one attached hydrogen (secondary N) is 2. The smallest absolute Gasteiger partial charge is 0.227 e. The fourth-order valence-corrected chi connectivity index (χ4v) is 3.06. The number of anilines is 2. The van der Waals surface area contributed by atoms with Crippen LogP contribution in [0.3, 0.4) is 0 Å². The molecule has 0 aliphatic carbocycles. The Morgan fingerprint density at radius 3 is 2.71 bits per heavy atom. The van der Waals surface area contributed by atoms with Crippen LogP contribution in [-0.4, -0.2) is 53.6 Å². The second-order valence-electron chi connectivity index (χ2n) is 7.22. The van der Waals surface area contributed by atoms with Gasteiger partial charge in [0.2, 0.25) is 5.95 Å². The molecule has 152 valence electrons. The van der Waals surface area contributed by atoms with Crippen LogP contribution < -0.4 is 10.6 Å². The van der Waals surface area contributed by atoms with Gasteiger partial charge in [0.15, 0.2) is 17.0 Å². The average Bonchev–Trinajstić information content (AvgIpc) is 3.29. The molecule has 0 aromatic carbocycles. The molecule has 0 unspecified atom stereocenters. The van der Waals surface area contributed by atoms with Crippen molar-refractivity contribution in [3.8, 4) is 0 Å². The van der Waals surface area contributed by atoms with Gasteiger partial charge in [-0.3, -0.25) is 4.68 Å². The summed E-state index contributed by atoms with van der Waals surface area (Å²) in [5.41, 5.74) is 2.75. The molecule has 1 atom stereocenters. The first-order valence-corrected chi connectivity index (χ1v) is 9.86. The van der Waals surface area contributed by atoms with Crippen LogP contribution in [0.4, 0.5) is 11.8 Å². The second-order valence-corrected chi connectivity index (χ2v) is 7.22. The number of aliphatic hydroxyl groups is 1. The molecule has 0 aliphatic rings. The first kappa shape index (κ1) is 20.1. The molecule has 3 rings (SSSR count). The van der Waals surface area contributed by atoms with Crippen molar-refractivity contribution >= 4 is 22.9 Å². The van der Waals surface area contributed by atoms with E-state index in [2.05, 4.69) is 44.5 Å². The van der Waals surface area contributed by atoms with Crippen LogP contribution in [0.2, 0.25) is 0 Å². The first-order valence-electron chi connectivity index (χ1n) is 9.86. The van der Waals surface area contributed by atoms with Gasteiger partial charge in [-0.15, -0.1) is 0 Å². The number of imidazole rings is 1. The molecule has 0 bridgehead atoms. The van der Waals surface area contributed by atoms with Crippen molar-refractivity contribution in [3.63, 3.8) is 0 Å². The van der Waals surface area contributed by atoms with Gasteiger partial charge >= 0.3 is 0 Å². The highest BCUT2D eigenvalue weighted by Gasteiger charge is 2.16. The Balaban J connectivity index is 1.79. The van der Waals surface area contributed by atoms with Crippen molar-refractivity contribution < 1.29 is 5.11 Å². The van der Waals surface area contributed by atoms with Gasteiger partial charge in [-0.25, -0.2) is 4.98 Å². The standard InChI is InChI=1S/C19H30N8O/c1-5-14(11-28)23-19-24-17(16-18(25-19)27(12-21-16)13(2)3)20-9-6-7-15-8-10-22-26(15)4/h8,10,12-14,28H,5-7,9,11H2,1-4H3,(H2,20,23,24,25)/t14-/m1/s1. The summed E-state index contributed by atoms with van der Waals surface area (Å²) in [6.07, 6.45) is 6.30. The Labute approximate surface area is 165 Å². The number of hydrogen-bond donors (Lipinski definition) is 3. The summed E-state index contributed by atoms with van der Waals surface area (Å²) >= 11 is 0. The molecule has 9 nitrogen and oxygen atoms in total. The Hall–Kier alpha value is -2.68. The van der Waals surface area contributed by atoms with Crippen LogP contribution in [0.15, 0.2) is 18.6 Å². The van der Waals surface area contributed by atoms with E-state index in [0.29, 0.717) is 11.8 Å². The quantitative estimate of drug-likeness (QED) is 0.459. The zero-order valence-corrected chi connectivity index (χ0v) is 17.1. The van der Waals surface area contributed by atoms with Crippen LogP contribution >= 0.6 is 0 Å². The molecule has 0 spiro atoms. The summed E-state index contributed by atoms with van der Waals surface area (Å²) in [6.45, 7) is 7.01. The number of aryl methyl sites for hydroxylation is 2. The van der Waals surface area contributed by atoms with Gasteiger partial charge in [-0.2, -0.15) is 15.1 Å². The monoisotopic (exact) mass is 386 g/mol. The minimum Gasteiger partial charge on any atom is -0.394 e. The molecule has 0 amide bonds. The van der Waals surface area contributed by atoms with Crippen molar-refractivity contribution in [1.82, 2.24) is 29.3 Å². The number of hydrogen-bond acceptors (Lipinski definition) is 7. The number of fused-ring (bicyclic) bond motifs is 1. The van der Waals surface area contributed by atoms with E-state index >= 15 is 0 Å². The largest absolute Gasteiger partial charge is 0.394 e. The lowest BCUT2D eigenvalue weighted by Gasteiger charge is -2.16. The lowest BCUT2D eigenvalue weighted by atomic mass is 10.2. The number of aromatic nitrogens is 6. The number of nitrogens with zero attached hydrogens (tertiary/aromatic N) is 6. The molecule has 28 heavy (non-hydrogen) atoms. The van der Waals surface area contributed by atoms with E-state index in [0.717, 1.165) is 37.0 Å².